The van der Waals surface area contributed by atoms with Crippen molar-refractivity contribution in [3.05, 3.63) is 0 Å². The average molecular weight is 282 g/mol. The molecule has 1 N–H and O–H groups in total. The van der Waals surface area contributed by atoms with Gasteiger partial charge in [-0.1, -0.05) is 32.6 Å². The zero-order chi connectivity index (χ0) is 14.8. The minimum absolute atomic E-state index is 0.333. The molecule has 0 aromatic rings. The van der Waals surface area contributed by atoms with Gasteiger partial charge in [0.1, 0.15) is 0 Å². The summed E-state index contributed by atoms with van der Waals surface area (Å²) in [4.78, 5) is 14.5. The Morgan fingerprint density at radius 2 is 2.00 bits per heavy atom. The van der Waals surface area contributed by atoms with E-state index in [1.54, 1.807) is 0 Å². The molecule has 0 spiro atoms. The van der Waals surface area contributed by atoms with E-state index in [1.807, 2.05) is 0 Å². The number of carbonyl (C=O) groups excluding carboxylic acids is 1. The summed E-state index contributed by atoms with van der Waals surface area (Å²) in [6.07, 6.45) is 9.36. The first-order valence-corrected chi connectivity index (χ1v) is 8.65. The van der Waals surface area contributed by atoms with Crippen molar-refractivity contribution in [2.45, 2.75) is 78.2 Å². The molecule has 0 radical (unpaired) electrons. The zero-order valence-electron chi connectivity index (χ0n) is 13.8. The molecule has 1 unspecified atom stereocenters. The van der Waals surface area contributed by atoms with E-state index in [4.69, 9.17) is 0 Å². The van der Waals surface area contributed by atoms with Crippen LogP contribution in [0.1, 0.15) is 72.1 Å². The first kappa shape index (κ1) is 17.5. The van der Waals surface area contributed by atoms with E-state index in [0.29, 0.717) is 17.9 Å². The average Bonchev–Trinajstić information content (AvgIpc) is 2.45. The van der Waals surface area contributed by atoms with Gasteiger partial charge < -0.3 is 10.2 Å². The molecule has 20 heavy (non-hydrogen) atoms. The summed E-state index contributed by atoms with van der Waals surface area (Å²) in [5.41, 5.74) is 0. The van der Waals surface area contributed by atoms with Crippen LogP contribution in [0.2, 0.25) is 0 Å². The highest BCUT2D eigenvalue weighted by atomic mass is 16.2. The Hall–Kier alpha value is -0.570. The van der Waals surface area contributed by atoms with Gasteiger partial charge in [-0.3, -0.25) is 4.79 Å². The van der Waals surface area contributed by atoms with Crippen LogP contribution in [0.4, 0.5) is 0 Å². The minimum Gasteiger partial charge on any atom is -0.340 e. The summed E-state index contributed by atoms with van der Waals surface area (Å²) in [5.74, 6) is 1.01. The molecule has 1 amide bonds. The van der Waals surface area contributed by atoms with Gasteiger partial charge in [0.15, 0.2) is 0 Å². The minimum atomic E-state index is 0.333. The number of piperidine rings is 1. The highest BCUT2D eigenvalue weighted by Crippen LogP contribution is 2.15. The van der Waals surface area contributed by atoms with Gasteiger partial charge in [0, 0.05) is 19.0 Å². The third-order valence-electron chi connectivity index (χ3n) is 4.29. The molecule has 118 valence electrons. The van der Waals surface area contributed by atoms with Gasteiger partial charge in [0.05, 0.1) is 0 Å². The Morgan fingerprint density at radius 3 is 2.60 bits per heavy atom. The van der Waals surface area contributed by atoms with Crippen LogP contribution in [0.15, 0.2) is 0 Å². The lowest BCUT2D eigenvalue weighted by Gasteiger charge is -2.33. The predicted octanol–water partition coefficient (Wildman–Crippen LogP) is 3.58. The number of rotatable bonds is 9. The van der Waals surface area contributed by atoms with Crippen molar-refractivity contribution in [2.75, 3.05) is 19.6 Å². The number of unbranched alkanes of at least 4 members (excludes halogenated alkanes) is 4. The molecule has 1 rings (SSSR count). The Bertz CT molecular complexity index is 260. The van der Waals surface area contributed by atoms with Crippen LogP contribution in [0.5, 0.6) is 0 Å². The summed E-state index contributed by atoms with van der Waals surface area (Å²) in [6.45, 7) is 9.68. The van der Waals surface area contributed by atoms with E-state index < -0.39 is 0 Å². The summed E-state index contributed by atoms with van der Waals surface area (Å²) in [7, 11) is 0. The molecule has 1 fully saturated rings. The normalized spacial score (nSPS) is 19.3. The SMILES string of the molecule is CCCCCCCC(=O)N(CC1CCCNC1)C(C)C. The topological polar surface area (TPSA) is 32.3 Å². The predicted molar refractivity (Wildman–Crippen MR) is 85.8 cm³/mol. The second kappa shape index (κ2) is 10.2. The van der Waals surface area contributed by atoms with E-state index in [9.17, 15) is 4.79 Å². The summed E-state index contributed by atoms with van der Waals surface area (Å²) in [6, 6.07) is 0.333. The highest BCUT2D eigenvalue weighted by Gasteiger charge is 2.22. The number of hydrogen-bond acceptors (Lipinski definition) is 2. The first-order valence-electron chi connectivity index (χ1n) is 8.65. The van der Waals surface area contributed by atoms with E-state index in [1.165, 1.54) is 38.5 Å². The summed E-state index contributed by atoms with van der Waals surface area (Å²) < 4.78 is 0. The molecule has 3 nitrogen and oxygen atoms in total. The molecule has 0 saturated carbocycles. The van der Waals surface area contributed by atoms with Crippen LogP contribution in [0, 0.1) is 5.92 Å². The molecule has 1 aliphatic rings. The van der Waals surface area contributed by atoms with Gasteiger partial charge in [-0.15, -0.1) is 0 Å². The molecule has 0 bridgehead atoms. The van der Waals surface area contributed by atoms with E-state index in [-0.39, 0.29) is 0 Å². The quantitative estimate of drug-likeness (QED) is 0.656. The van der Waals surface area contributed by atoms with E-state index >= 15 is 0 Å². The first-order chi connectivity index (χ1) is 9.65. The van der Waals surface area contributed by atoms with Crippen molar-refractivity contribution < 1.29 is 4.79 Å². The third kappa shape index (κ3) is 6.74. The maximum Gasteiger partial charge on any atom is 0.222 e. The van der Waals surface area contributed by atoms with E-state index in [0.717, 1.165) is 32.5 Å². The number of carbonyl (C=O) groups is 1. The number of hydrogen-bond donors (Lipinski definition) is 1. The molecular formula is C17H34N2O. The highest BCUT2D eigenvalue weighted by molar-refractivity contribution is 5.76. The summed E-state index contributed by atoms with van der Waals surface area (Å²) >= 11 is 0. The van der Waals surface area contributed by atoms with Gasteiger partial charge in [-0.2, -0.15) is 0 Å². The van der Waals surface area contributed by atoms with Crippen molar-refractivity contribution >= 4 is 5.91 Å². The van der Waals surface area contributed by atoms with Crippen molar-refractivity contribution in [3.8, 4) is 0 Å². The van der Waals surface area contributed by atoms with Gasteiger partial charge in [-0.05, 0) is 52.1 Å². The fraction of sp³-hybridized carbons (Fsp3) is 0.941. The lowest BCUT2D eigenvalue weighted by atomic mass is 9.98. The lowest BCUT2D eigenvalue weighted by molar-refractivity contribution is -0.133. The fourth-order valence-electron chi connectivity index (χ4n) is 2.98. The molecule has 1 heterocycles. The maximum atomic E-state index is 12.4. The van der Waals surface area contributed by atoms with Crippen molar-refractivity contribution in [3.63, 3.8) is 0 Å². The monoisotopic (exact) mass is 282 g/mol. The molecule has 0 aliphatic carbocycles. The Morgan fingerprint density at radius 1 is 1.25 bits per heavy atom. The van der Waals surface area contributed by atoms with Gasteiger partial charge in [0.25, 0.3) is 0 Å². The largest absolute Gasteiger partial charge is 0.340 e. The number of amides is 1. The van der Waals surface area contributed by atoms with Gasteiger partial charge in [-0.25, -0.2) is 0 Å². The second-order valence-electron chi connectivity index (χ2n) is 6.52. The van der Waals surface area contributed by atoms with Crippen molar-refractivity contribution in [1.82, 2.24) is 10.2 Å². The zero-order valence-corrected chi connectivity index (χ0v) is 13.8. The second-order valence-corrected chi connectivity index (χ2v) is 6.52. The molecule has 1 saturated heterocycles. The Labute approximate surface area is 125 Å². The van der Waals surface area contributed by atoms with Crippen LogP contribution in [0.25, 0.3) is 0 Å². The van der Waals surface area contributed by atoms with Crippen LogP contribution in [0.3, 0.4) is 0 Å². The number of nitrogens with one attached hydrogen (secondary N) is 1. The molecule has 0 aromatic carbocycles. The lowest BCUT2D eigenvalue weighted by Crippen LogP contribution is -2.44. The standard InChI is InChI=1S/C17H34N2O/c1-4-5-6-7-8-11-17(20)19(15(2)3)14-16-10-9-12-18-13-16/h15-16,18H,4-14H2,1-3H3. The number of nitrogens with zero attached hydrogens (tertiary/aromatic N) is 1. The van der Waals surface area contributed by atoms with Gasteiger partial charge >= 0.3 is 0 Å². The Balaban J connectivity index is 2.30. The van der Waals surface area contributed by atoms with Crippen molar-refractivity contribution in [2.24, 2.45) is 5.92 Å². The van der Waals surface area contributed by atoms with Gasteiger partial charge in [0.2, 0.25) is 5.91 Å². The van der Waals surface area contributed by atoms with Crippen LogP contribution in [-0.2, 0) is 4.79 Å². The molecule has 1 aliphatic heterocycles. The van der Waals surface area contributed by atoms with Crippen LogP contribution in [-0.4, -0.2) is 36.5 Å². The van der Waals surface area contributed by atoms with Crippen molar-refractivity contribution in [1.29, 1.82) is 0 Å². The fourth-order valence-corrected chi connectivity index (χ4v) is 2.98. The van der Waals surface area contributed by atoms with Crippen LogP contribution >= 0.6 is 0 Å². The smallest absolute Gasteiger partial charge is 0.222 e. The molecule has 3 heteroatoms. The third-order valence-corrected chi connectivity index (χ3v) is 4.29. The molecular weight excluding hydrogens is 248 g/mol. The summed E-state index contributed by atoms with van der Waals surface area (Å²) in [5, 5.41) is 3.45. The maximum absolute atomic E-state index is 12.4. The Kier molecular flexibility index (Phi) is 8.92. The van der Waals surface area contributed by atoms with E-state index in [2.05, 4.69) is 31.0 Å². The molecule has 1 atom stereocenters. The van der Waals surface area contributed by atoms with Crippen LogP contribution < -0.4 is 5.32 Å². The molecule has 0 aromatic heterocycles.